The lowest BCUT2D eigenvalue weighted by Crippen LogP contribution is -2.45. The fraction of sp³-hybridized carbons (Fsp3) is 0.500. The number of nitrogens with one attached hydrogen (secondary N) is 2. The van der Waals surface area contributed by atoms with Crippen molar-refractivity contribution < 1.29 is 9.90 Å². The molecular weight excluding hydrogens is 228 g/mol. The lowest BCUT2D eigenvalue weighted by molar-refractivity contribution is 0.229. The summed E-state index contributed by atoms with van der Waals surface area (Å²) in [4.78, 5) is 11.5. The van der Waals surface area contributed by atoms with Gasteiger partial charge >= 0.3 is 6.03 Å². The number of aliphatic hydroxyl groups is 1. The second-order valence-corrected chi connectivity index (χ2v) is 4.78. The summed E-state index contributed by atoms with van der Waals surface area (Å²) in [6.45, 7) is 2.39. The minimum Gasteiger partial charge on any atom is -0.395 e. The highest BCUT2D eigenvalue weighted by atomic mass is 16.3. The van der Waals surface area contributed by atoms with Crippen molar-refractivity contribution in [3.8, 4) is 0 Å². The third-order valence-corrected chi connectivity index (χ3v) is 3.45. The molecule has 1 atom stereocenters. The number of aliphatic hydroxyl groups excluding tert-OH is 1. The Hall–Kier alpha value is -1.55. The molecule has 0 fully saturated rings. The summed E-state index contributed by atoms with van der Waals surface area (Å²) in [6, 6.07) is 6.39. The zero-order chi connectivity index (χ0) is 13.0. The number of urea groups is 1. The van der Waals surface area contributed by atoms with Gasteiger partial charge in [0.15, 0.2) is 0 Å². The quantitative estimate of drug-likeness (QED) is 0.751. The summed E-state index contributed by atoms with van der Waals surface area (Å²) in [5, 5.41) is 14.2. The van der Waals surface area contributed by atoms with E-state index in [1.165, 1.54) is 16.7 Å². The normalized spacial score (nSPS) is 18.0. The summed E-state index contributed by atoms with van der Waals surface area (Å²) in [7, 11) is 0. The van der Waals surface area contributed by atoms with Crippen LogP contribution in [0.1, 0.15) is 23.1 Å². The largest absolute Gasteiger partial charge is 0.395 e. The van der Waals surface area contributed by atoms with Gasteiger partial charge in [-0.25, -0.2) is 4.79 Å². The van der Waals surface area contributed by atoms with E-state index in [1.54, 1.807) is 0 Å². The number of hydrogen-bond donors (Lipinski definition) is 3. The van der Waals surface area contributed by atoms with Gasteiger partial charge in [0.05, 0.1) is 6.61 Å². The Bertz CT molecular complexity index is 432. The summed E-state index contributed by atoms with van der Waals surface area (Å²) in [5.41, 5.74) is 4.08. The first-order chi connectivity index (χ1) is 8.70. The Morgan fingerprint density at radius 3 is 3.11 bits per heavy atom. The van der Waals surface area contributed by atoms with Crippen molar-refractivity contribution in [1.82, 2.24) is 10.6 Å². The first-order valence-corrected chi connectivity index (χ1v) is 6.43. The van der Waals surface area contributed by atoms with E-state index in [0.29, 0.717) is 6.54 Å². The highest BCUT2D eigenvalue weighted by Gasteiger charge is 2.20. The van der Waals surface area contributed by atoms with Gasteiger partial charge in [0.1, 0.15) is 0 Å². The topological polar surface area (TPSA) is 61.4 Å². The molecular formula is C14H20N2O2. The van der Waals surface area contributed by atoms with Crippen LogP contribution in [0.25, 0.3) is 0 Å². The molecule has 0 bridgehead atoms. The fourth-order valence-electron chi connectivity index (χ4n) is 2.50. The van der Waals surface area contributed by atoms with E-state index < -0.39 is 0 Å². The van der Waals surface area contributed by atoms with Crippen LogP contribution in [-0.4, -0.2) is 30.3 Å². The smallest absolute Gasteiger partial charge is 0.315 e. The molecule has 0 heterocycles. The molecule has 1 aromatic rings. The number of benzene rings is 1. The molecule has 0 spiro atoms. The Morgan fingerprint density at radius 1 is 1.50 bits per heavy atom. The molecule has 98 valence electrons. The average Bonchev–Trinajstić information content (AvgIpc) is 2.37. The molecule has 3 N–H and O–H groups in total. The third-order valence-electron chi connectivity index (χ3n) is 3.45. The molecule has 0 saturated heterocycles. The predicted molar refractivity (Wildman–Crippen MR) is 70.6 cm³/mol. The van der Waals surface area contributed by atoms with Crippen molar-refractivity contribution >= 4 is 6.03 Å². The molecule has 1 aliphatic carbocycles. The summed E-state index contributed by atoms with van der Waals surface area (Å²) in [5.74, 6) is 0. The monoisotopic (exact) mass is 248 g/mol. The maximum absolute atomic E-state index is 11.5. The maximum atomic E-state index is 11.5. The number of aryl methyl sites for hydroxylation is 2. The Labute approximate surface area is 107 Å². The van der Waals surface area contributed by atoms with E-state index in [9.17, 15) is 4.79 Å². The van der Waals surface area contributed by atoms with Crippen molar-refractivity contribution in [3.05, 3.63) is 34.9 Å². The SMILES string of the molecule is Cc1cccc2c1CC(NC(=O)NCCO)CC2. The average molecular weight is 248 g/mol. The van der Waals surface area contributed by atoms with Crippen LogP contribution in [0.4, 0.5) is 4.79 Å². The van der Waals surface area contributed by atoms with Gasteiger partial charge in [-0.3, -0.25) is 0 Å². The van der Waals surface area contributed by atoms with Crippen molar-refractivity contribution in [2.45, 2.75) is 32.2 Å². The molecule has 0 aromatic heterocycles. The number of carbonyl (C=O) groups is 1. The van der Waals surface area contributed by atoms with Gasteiger partial charge in [0.25, 0.3) is 0 Å². The second kappa shape index (κ2) is 5.87. The van der Waals surface area contributed by atoms with Gasteiger partial charge < -0.3 is 15.7 Å². The molecule has 0 aliphatic heterocycles. The molecule has 18 heavy (non-hydrogen) atoms. The van der Waals surface area contributed by atoms with Crippen molar-refractivity contribution in [2.24, 2.45) is 0 Å². The first-order valence-electron chi connectivity index (χ1n) is 6.43. The van der Waals surface area contributed by atoms with E-state index in [1.807, 2.05) is 0 Å². The van der Waals surface area contributed by atoms with Crippen LogP contribution in [0.2, 0.25) is 0 Å². The summed E-state index contributed by atoms with van der Waals surface area (Å²) < 4.78 is 0. The summed E-state index contributed by atoms with van der Waals surface area (Å²) >= 11 is 0. The van der Waals surface area contributed by atoms with E-state index >= 15 is 0 Å². The van der Waals surface area contributed by atoms with Crippen LogP contribution in [-0.2, 0) is 12.8 Å². The molecule has 1 unspecified atom stereocenters. The van der Waals surface area contributed by atoms with E-state index in [0.717, 1.165) is 19.3 Å². The van der Waals surface area contributed by atoms with Gasteiger partial charge in [0.2, 0.25) is 0 Å². The lowest BCUT2D eigenvalue weighted by Gasteiger charge is -2.26. The second-order valence-electron chi connectivity index (χ2n) is 4.78. The third kappa shape index (κ3) is 3.01. The molecule has 4 heteroatoms. The highest BCUT2D eigenvalue weighted by molar-refractivity contribution is 5.74. The van der Waals surface area contributed by atoms with Gasteiger partial charge in [-0.1, -0.05) is 18.2 Å². The first kappa shape index (κ1) is 12.9. The standard InChI is InChI=1S/C14H20N2O2/c1-10-3-2-4-11-5-6-12(9-13(10)11)16-14(18)15-7-8-17/h2-4,12,17H,5-9H2,1H3,(H2,15,16,18). The predicted octanol–water partition coefficient (Wildman–Crippen LogP) is 1.14. The number of fused-ring (bicyclic) bond motifs is 1. The summed E-state index contributed by atoms with van der Waals surface area (Å²) in [6.07, 6.45) is 2.89. The van der Waals surface area contributed by atoms with Gasteiger partial charge in [-0.15, -0.1) is 0 Å². The van der Waals surface area contributed by atoms with Gasteiger partial charge in [0, 0.05) is 12.6 Å². The lowest BCUT2D eigenvalue weighted by atomic mass is 9.86. The number of amides is 2. The molecule has 2 amide bonds. The minimum atomic E-state index is -0.189. The fourth-order valence-corrected chi connectivity index (χ4v) is 2.50. The maximum Gasteiger partial charge on any atom is 0.315 e. The Kier molecular flexibility index (Phi) is 4.20. The molecule has 1 aromatic carbocycles. The minimum absolute atomic E-state index is 0.0277. The van der Waals surface area contributed by atoms with Crippen molar-refractivity contribution in [2.75, 3.05) is 13.2 Å². The van der Waals surface area contributed by atoms with Crippen LogP contribution in [0.3, 0.4) is 0 Å². The Balaban J connectivity index is 1.95. The molecule has 1 aliphatic rings. The highest BCUT2D eigenvalue weighted by Crippen LogP contribution is 2.24. The van der Waals surface area contributed by atoms with Crippen LogP contribution >= 0.6 is 0 Å². The van der Waals surface area contributed by atoms with Crippen LogP contribution in [0, 0.1) is 6.92 Å². The van der Waals surface area contributed by atoms with Gasteiger partial charge in [-0.05, 0) is 42.9 Å². The van der Waals surface area contributed by atoms with Crippen molar-refractivity contribution in [1.29, 1.82) is 0 Å². The number of rotatable bonds is 3. The van der Waals surface area contributed by atoms with Gasteiger partial charge in [-0.2, -0.15) is 0 Å². The number of carbonyl (C=O) groups excluding carboxylic acids is 1. The van der Waals surface area contributed by atoms with Crippen LogP contribution in [0.5, 0.6) is 0 Å². The molecule has 0 radical (unpaired) electrons. The van der Waals surface area contributed by atoms with E-state index in [-0.39, 0.29) is 18.7 Å². The Morgan fingerprint density at radius 2 is 2.33 bits per heavy atom. The van der Waals surface area contributed by atoms with Crippen molar-refractivity contribution in [3.63, 3.8) is 0 Å². The number of hydrogen-bond acceptors (Lipinski definition) is 2. The molecule has 2 rings (SSSR count). The zero-order valence-corrected chi connectivity index (χ0v) is 10.7. The van der Waals surface area contributed by atoms with E-state index in [4.69, 9.17) is 5.11 Å². The van der Waals surface area contributed by atoms with E-state index in [2.05, 4.69) is 35.8 Å². The molecule has 0 saturated carbocycles. The van der Waals surface area contributed by atoms with Crippen LogP contribution < -0.4 is 10.6 Å². The van der Waals surface area contributed by atoms with Crippen LogP contribution in [0.15, 0.2) is 18.2 Å². The molecule has 4 nitrogen and oxygen atoms in total. The zero-order valence-electron chi connectivity index (χ0n) is 10.7.